The molecule has 5 heteroatoms. The van der Waals surface area contributed by atoms with Gasteiger partial charge in [0.15, 0.2) is 0 Å². The Kier molecular flexibility index (Phi) is 5.96. The Bertz CT molecular complexity index is 1060. The third kappa shape index (κ3) is 4.51. The number of thiophene rings is 1. The molecule has 4 aromatic rings. The molecule has 0 aliphatic rings. The first-order valence-electron chi connectivity index (χ1n) is 9.78. The lowest BCUT2D eigenvalue weighted by molar-refractivity contribution is 0.260. The van der Waals surface area contributed by atoms with Gasteiger partial charge in [0, 0.05) is 16.5 Å². The highest BCUT2D eigenvalue weighted by atomic mass is 32.1. The number of hydrogen-bond donors (Lipinski definition) is 0. The average Bonchev–Trinajstić information content (AvgIpc) is 3.40. The molecule has 0 aliphatic carbocycles. The summed E-state index contributed by atoms with van der Waals surface area (Å²) in [6.45, 7) is 5.84. The topological polar surface area (TPSA) is 36.3 Å². The van der Waals surface area contributed by atoms with Crippen molar-refractivity contribution < 1.29 is 9.47 Å². The molecule has 0 aliphatic heterocycles. The maximum atomic E-state index is 6.00. The molecule has 29 heavy (non-hydrogen) atoms. The minimum Gasteiger partial charge on any atom is -0.492 e. The maximum Gasteiger partial charge on any atom is 0.212 e. The van der Waals surface area contributed by atoms with Crippen LogP contribution in [0.3, 0.4) is 0 Å². The number of aryl methyl sites for hydroxylation is 1. The number of hydrogen-bond acceptors (Lipinski definition) is 4. The first-order chi connectivity index (χ1) is 14.2. The van der Waals surface area contributed by atoms with Crippen LogP contribution >= 0.6 is 11.3 Å². The maximum absolute atomic E-state index is 6.00. The first-order valence-corrected chi connectivity index (χ1v) is 10.7. The van der Waals surface area contributed by atoms with Crippen molar-refractivity contribution in [1.29, 1.82) is 0 Å². The average molecular weight is 405 g/mol. The van der Waals surface area contributed by atoms with E-state index in [0.717, 1.165) is 22.9 Å². The van der Waals surface area contributed by atoms with Gasteiger partial charge in [0.2, 0.25) is 5.88 Å². The van der Waals surface area contributed by atoms with Crippen molar-refractivity contribution in [3.8, 4) is 33.3 Å². The van der Waals surface area contributed by atoms with Gasteiger partial charge >= 0.3 is 0 Å². The first kappa shape index (κ1) is 19.3. The van der Waals surface area contributed by atoms with E-state index in [1.54, 1.807) is 11.3 Å². The summed E-state index contributed by atoms with van der Waals surface area (Å²) in [5.41, 5.74) is 4.45. The molecule has 0 amide bonds. The zero-order chi connectivity index (χ0) is 20.1. The summed E-state index contributed by atoms with van der Waals surface area (Å²) < 4.78 is 13.6. The Morgan fingerprint density at radius 3 is 2.55 bits per heavy atom. The Hall–Kier alpha value is -3.05. The van der Waals surface area contributed by atoms with Crippen LogP contribution < -0.4 is 9.47 Å². The number of aromatic nitrogens is 2. The molecule has 0 atom stereocenters. The normalized spacial score (nSPS) is 10.8. The van der Waals surface area contributed by atoms with Crippen LogP contribution in [-0.4, -0.2) is 23.0 Å². The molecule has 148 valence electrons. The molecule has 0 spiro atoms. The number of ether oxygens (including phenoxy) is 2. The Labute approximate surface area is 175 Å². The van der Waals surface area contributed by atoms with Crippen molar-refractivity contribution in [3.05, 3.63) is 77.7 Å². The Balaban J connectivity index is 1.44. The summed E-state index contributed by atoms with van der Waals surface area (Å²) in [5, 5.41) is 6.81. The van der Waals surface area contributed by atoms with Gasteiger partial charge in [-0.15, -0.1) is 11.3 Å². The predicted molar refractivity (Wildman–Crippen MR) is 119 cm³/mol. The zero-order valence-electron chi connectivity index (χ0n) is 16.7. The predicted octanol–water partition coefficient (Wildman–Crippen LogP) is 6.06. The summed E-state index contributed by atoms with van der Waals surface area (Å²) >= 11 is 1.75. The minimum atomic E-state index is 0.522. The molecule has 4 rings (SSSR count). The third-order valence-electron chi connectivity index (χ3n) is 4.66. The monoisotopic (exact) mass is 404 g/mol. The second kappa shape index (κ2) is 8.97. The van der Waals surface area contributed by atoms with Crippen LogP contribution in [0.5, 0.6) is 11.6 Å². The molecular formula is C24H24N2O2S. The molecular weight excluding hydrogens is 380 g/mol. The molecule has 2 aromatic carbocycles. The molecule has 0 saturated carbocycles. The highest BCUT2D eigenvalue weighted by molar-refractivity contribution is 7.13. The van der Waals surface area contributed by atoms with Gasteiger partial charge in [-0.25, -0.2) is 4.68 Å². The minimum absolute atomic E-state index is 0.522. The number of benzene rings is 2. The van der Waals surface area contributed by atoms with E-state index in [9.17, 15) is 0 Å². The van der Waals surface area contributed by atoms with Crippen LogP contribution in [0.2, 0.25) is 0 Å². The van der Waals surface area contributed by atoms with E-state index in [1.165, 1.54) is 16.0 Å². The lowest BCUT2D eigenvalue weighted by atomic mass is 10.1. The van der Waals surface area contributed by atoms with Crippen LogP contribution in [0.15, 0.2) is 72.1 Å². The van der Waals surface area contributed by atoms with E-state index in [-0.39, 0.29) is 0 Å². The van der Waals surface area contributed by atoms with Crippen molar-refractivity contribution in [2.75, 3.05) is 13.2 Å². The largest absolute Gasteiger partial charge is 0.492 e. The van der Waals surface area contributed by atoms with Crippen LogP contribution in [-0.2, 0) is 6.54 Å². The van der Waals surface area contributed by atoms with Crippen LogP contribution in [0.25, 0.3) is 21.7 Å². The molecule has 0 fully saturated rings. The summed E-state index contributed by atoms with van der Waals surface area (Å²) in [7, 11) is 0. The highest BCUT2D eigenvalue weighted by Crippen LogP contribution is 2.30. The number of nitrogens with zero attached hydrogens (tertiary/aromatic N) is 2. The van der Waals surface area contributed by atoms with Gasteiger partial charge in [-0.2, -0.15) is 5.10 Å². The lowest BCUT2D eigenvalue weighted by Crippen LogP contribution is -2.11. The molecule has 4 nitrogen and oxygen atoms in total. The van der Waals surface area contributed by atoms with Crippen molar-refractivity contribution in [1.82, 2.24) is 9.78 Å². The second-order valence-electron chi connectivity index (χ2n) is 6.69. The van der Waals surface area contributed by atoms with Crippen molar-refractivity contribution in [2.24, 2.45) is 0 Å². The zero-order valence-corrected chi connectivity index (χ0v) is 17.5. The smallest absolute Gasteiger partial charge is 0.212 e. The van der Waals surface area contributed by atoms with Gasteiger partial charge in [-0.3, -0.25) is 0 Å². The van der Waals surface area contributed by atoms with E-state index < -0.39 is 0 Å². The van der Waals surface area contributed by atoms with E-state index in [4.69, 9.17) is 14.6 Å². The van der Waals surface area contributed by atoms with Gasteiger partial charge in [-0.05, 0) is 54.6 Å². The molecule has 0 saturated heterocycles. The quantitative estimate of drug-likeness (QED) is 0.358. The third-order valence-corrected chi connectivity index (χ3v) is 5.56. The SMILES string of the molecule is CCOc1cc(-c2ccccc2)nn1CCOc1ccc(-c2cccs2)c(C)c1. The lowest BCUT2D eigenvalue weighted by Gasteiger charge is -2.11. The van der Waals surface area contributed by atoms with Crippen molar-refractivity contribution in [3.63, 3.8) is 0 Å². The van der Waals surface area contributed by atoms with E-state index >= 15 is 0 Å². The summed E-state index contributed by atoms with van der Waals surface area (Å²) in [6.07, 6.45) is 0. The molecule has 2 aromatic heterocycles. The summed E-state index contributed by atoms with van der Waals surface area (Å²) in [6, 6.07) is 22.6. The van der Waals surface area contributed by atoms with E-state index in [1.807, 2.05) is 41.9 Å². The molecule has 0 unspecified atom stereocenters. The van der Waals surface area contributed by atoms with Crippen LogP contribution in [0.1, 0.15) is 12.5 Å². The fourth-order valence-corrected chi connectivity index (χ4v) is 4.07. The van der Waals surface area contributed by atoms with Gasteiger partial charge in [0.25, 0.3) is 0 Å². The molecule has 0 radical (unpaired) electrons. The van der Waals surface area contributed by atoms with Crippen LogP contribution in [0, 0.1) is 6.92 Å². The molecule has 0 bridgehead atoms. The highest BCUT2D eigenvalue weighted by Gasteiger charge is 2.11. The molecule has 2 heterocycles. The fraction of sp³-hybridized carbons (Fsp3) is 0.208. The van der Waals surface area contributed by atoms with E-state index in [0.29, 0.717) is 19.8 Å². The second-order valence-corrected chi connectivity index (χ2v) is 7.64. The summed E-state index contributed by atoms with van der Waals surface area (Å²) in [4.78, 5) is 1.28. The van der Waals surface area contributed by atoms with E-state index in [2.05, 4.69) is 48.7 Å². The Morgan fingerprint density at radius 1 is 0.966 bits per heavy atom. The van der Waals surface area contributed by atoms with Gasteiger partial charge in [0.05, 0.1) is 18.8 Å². The fourth-order valence-electron chi connectivity index (χ4n) is 3.26. The van der Waals surface area contributed by atoms with Crippen LogP contribution in [0.4, 0.5) is 0 Å². The number of rotatable bonds is 8. The Morgan fingerprint density at radius 2 is 1.83 bits per heavy atom. The van der Waals surface area contributed by atoms with Gasteiger partial charge in [-0.1, -0.05) is 36.4 Å². The standard InChI is InChI=1S/C24H24N2O2S/c1-3-27-24-17-22(19-8-5-4-6-9-19)25-26(24)13-14-28-20-11-12-21(18(2)16-20)23-10-7-15-29-23/h4-12,15-17H,3,13-14H2,1-2H3. The molecule has 0 N–H and O–H groups in total. The summed E-state index contributed by atoms with van der Waals surface area (Å²) in [5.74, 6) is 1.63. The van der Waals surface area contributed by atoms with Crippen molar-refractivity contribution in [2.45, 2.75) is 20.4 Å². The van der Waals surface area contributed by atoms with Gasteiger partial charge < -0.3 is 9.47 Å². The van der Waals surface area contributed by atoms with Crippen molar-refractivity contribution >= 4 is 11.3 Å². The van der Waals surface area contributed by atoms with Gasteiger partial charge in [0.1, 0.15) is 12.4 Å².